The van der Waals surface area contributed by atoms with E-state index in [1.54, 1.807) is 36.4 Å². The second-order valence-electron chi connectivity index (χ2n) is 9.36. The molecule has 2 aromatic heterocycles. The van der Waals surface area contributed by atoms with Gasteiger partial charge in [-0.25, -0.2) is 9.59 Å². The molecule has 4 aromatic rings. The zero-order chi connectivity index (χ0) is 31.0. The number of hydroxylamine groups is 3. The number of alkyl halides is 6. The lowest BCUT2D eigenvalue weighted by atomic mass is 10.1. The Kier molecular flexibility index (Phi) is 7.88. The van der Waals surface area contributed by atoms with Crippen molar-refractivity contribution in [2.75, 3.05) is 4.90 Å². The molecule has 222 valence electrons. The van der Waals surface area contributed by atoms with Crippen LogP contribution in [-0.4, -0.2) is 50.2 Å². The second-order valence-corrected chi connectivity index (χ2v) is 10.5. The number of carbonyl (C=O) groups is 3. The number of imide groups is 1. The predicted molar refractivity (Wildman–Crippen MR) is 141 cm³/mol. The summed E-state index contributed by atoms with van der Waals surface area (Å²) in [6, 6.07) is 13.6. The first kappa shape index (κ1) is 30.0. The molecule has 1 fully saturated rings. The monoisotopic (exact) mass is 621 g/mol. The van der Waals surface area contributed by atoms with Crippen molar-refractivity contribution in [1.29, 1.82) is 0 Å². The first-order valence-corrected chi connectivity index (χ1v) is 13.3. The molecule has 3 amide bonds. The smallest absolute Gasteiger partial charge is 0.267 e. The van der Waals surface area contributed by atoms with Gasteiger partial charge in [-0.1, -0.05) is 24.3 Å². The minimum Gasteiger partial charge on any atom is -0.267 e. The first-order valence-electron chi connectivity index (χ1n) is 12.4. The van der Waals surface area contributed by atoms with E-state index in [-0.39, 0.29) is 21.8 Å². The van der Waals surface area contributed by atoms with Gasteiger partial charge in [-0.05, 0) is 64.9 Å². The van der Waals surface area contributed by atoms with Crippen LogP contribution in [0.25, 0.3) is 10.9 Å². The molecule has 1 aliphatic rings. The Balaban J connectivity index is 1.66. The molecule has 1 saturated heterocycles. The Morgan fingerprint density at radius 2 is 1.58 bits per heavy atom. The summed E-state index contributed by atoms with van der Waals surface area (Å²) in [5.74, 6) is -3.75. The number of quaternary nitrogens is 1. The number of para-hydroxylation sites is 1. The van der Waals surface area contributed by atoms with Crippen LogP contribution in [0.5, 0.6) is 0 Å². The maximum atomic E-state index is 14.2. The van der Waals surface area contributed by atoms with Crippen LogP contribution in [0, 0.1) is 0 Å². The number of nitrogens with zero attached hydrogens (tertiary/aromatic N) is 4. The molecule has 0 N–H and O–H groups in total. The molecule has 2 atom stereocenters. The minimum atomic E-state index is -5.53. The molecule has 0 saturated carbocycles. The van der Waals surface area contributed by atoms with Gasteiger partial charge in [0.1, 0.15) is 0 Å². The van der Waals surface area contributed by atoms with Crippen molar-refractivity contribution in [2.45, 2.75) is 35.6 Å². The largest absolute Gasteiger partial charge is 0.497 e. The van der Waals surface area contributed by atoms with Gasteiger partial charge < -0.3 is 0 Å². The summed E-state index contributed by atoms with van der Waals surface area (Å²) >= 11 is -0.431. The number of hydrogen-bond acceptors (Lipinski definition) is 7. The summed E-state index contributed by atoms with van der Waals surface area (Å²) in [5, 5.41) is 0.425. The van der Waals surface area contributed by atoms with Crippen molar-refractivity contribution in [2.24, 2.45) is 0 Å². The van der Waals surface area contributed by atoms with Crippen molar-refractivity contribution >= 4 is 46.3 Å². The number of hydrogen-bond donors (Lipinski definition) is 0. The van der Waals surface area contributed by atoms with Crippen molar-refractivity contribution in [3.63, 3.8) is 0 Å². The molecule has 43 heavy (non-hydrogen) atoms. The number of carbonyl (C=O) groups excluding carboxylic acids is 3. The van der Waals surface area contributed by atoms with Crippen molar-refractivity contribution in [3.8, 4) is 0 Å². The molecule has 0 bridgehead atoms. The summed E-state index contributed by atoms with van der Waals surface area (Å²) < 4.78 is 77.7. The van der Waals surface area contributed by atoms with E-state index in [0.717, 1.165) is 24.3 Å². The van der Waals surface area contributed by atoms with E-state index >= 15 is 0 Å². The minimum absolute atomic E-state index is 0.206. The maximum Gasteiger partial charge on any atom is 0.497 e. The third-order valence-corrected chi connectivity index (χ3v) is 7.34. The van der Waals surface area contributed by atoms with Gasteiger partial charge in [-0.2, -0.15) is 31.2 Å². The second kappa shape index (κ2) is 11.3. The number of anilines is 1. The van der Waals surface area contributed by atoms with Gasteiger partial charge >= 0.3 is 29.6 Å². The van der Waals surface area contributed by atoms with Crippen LogP contribution in [0.3, 0.4) is 0 Å². The summed E-state index contributed by atoms with van der Waals surface area (Å²) in [6.45, 7) is -0.703. The zero-order valence-corrected chi connectivity index (χ0v) is 22.5. The fraction of sp³-hybridized carbons (Fsp3) is 0.179. The lowest BCUT2D eigenvalue weighted by Gasteiger charge is -2.31. The molecule has 8 nitrogen and oxygen atoms in total. The van der Waals surface area contributed by atoms with Crippen LogP contribution < -0.4 is 4.90 Å². The van der Waals surface area contributed by atoms with E-state index < -0.39 is 65.0 Å². The molecule has 1 unspecified atom stereocenters. The highest BCUT2D eigenvalue weighted by Crippen LogP contribution is 2.41. The van der Waals surface area contributed by atoms with E-state index in [1.165, 1.54) is 24.5 Å². The van der Waals surface area contributed by atoms with Gasteiger partial charge in [-0.3, -0.25) is 19.6 Å². The van der Waals surface area contributed by atoms with Crippen molar-refractivity contribution in [1.82, 2.24) is 9.97 Å². The number of halogens is 6. The fourth-order valence-electron chi connectivity index (χ4n) is 4.77. The van der Waals surface area contributed by atoms with Crippen LogP contribution in [0.2, 0.25) is 0 Å². The van der Waals surface area contributed by atoms with Crippen molar-refractivity contribution in [3.05, 3.63) is 96.4 Å². The molecule has 0 radical (unpaired) electrons. The summed E-state index contributed by atoms with van der Waals surface area (Å²) in [4.78, 5) is 54.0. The SMILES string of the molecule is O=C1[C@H](Cc2ccccn2)[N+](Cc2ccnc3ccccc23)(OC(=O)C(F)(F)F)C(=O)N1c1ccc(SC(F)(F)F)cc1. The van der Waals surface area contributed by atoms with Crippen LogP contribution in [0.1, 0.15) is 11.3 Å². The van der Waals surface area contributed by atoms with Gasteiger partial charge in [0.15, 0.2) is 6.54 Å². The molecule has 15 heteroatoms. The van der Waals surface area contributed by atoms with Crippen LogP contribution in [-0.2, 0) is 27.4 Å². The van der Waals surface area contributed by atoms with E-state index in [9.17, 15) is 40.7 Å². The first-order chi connectivity index (χ1) is 20.3. The van der Waals surface area contributed by atoms with E-state index in [4.69, 9.17) is 4.84 Å². The Morgan fingerprint density at radius 3 is 2.23 bits per heavy atom. The maximum absolute atomic E-state index is 14.2. The molecular formula is C28H19F6N4O4S+. The van der Waals surface area contributed by atoms with E-state index in [1.807, 2.05) is 0 Å². The molecule has 0 spiro atoms. The number of fused-ring (bicyclic) bond motifs is 1. The average Bonchev–Trinajstić information content (AvgIpc) is 3.14. The van der Waals surface area contributed by atoms with Crippen LogP contribution in [0.4, 0.5) is 36.8 Å². The Morgan fingerprint density at radius 1 is 0.884 bits per heavy atom. The number of pyridine rings is 2. The third kappa shape index (κ3) is 6.17. The van der Waals surface area contributed by atoms with Gasteiger partial charge in [-0.15, -0.1) is 0 Å². The lowest BCUT2D eigenvalue weighted by Crippen LogP contribution is -2.58. The fourth-order valence-corrected chi connectivity index (χ4v) is 5.31. The zero-order valence-electron chi connectivity index (χ0n) is 21.7. The molecule has 3 heterocycles. The average molecular weight is 622 g/mol. The number of rotatable bonds is 7. The lowest BCUT2D eigenvalue weighted by molar-refractivity contribution is -1.04. The molecule has 2 aromatic carbocycles. The normalized spacial score (nSPS) is 19.2. The predicted octanol–water partition coefficient (Wildman–Crippen LogP) is 6.36. The third-order valence-electron chi connectivity index (χ3n) is 6.60. The summed E-state index contributed by atoms with van der Waals surface area (Å²) in [6.07, 6.45) is -3.23. The Hall–Kier alpha value is -4.50. The molecular weight excluding hydrogens is 602 g/mol. The van der Waals surface area contributed by atoms with Gasteiger partial charge in [0, 0.05) is 33.9 Å². The van der Waals surface area contributed by atoms with Gasteiger partial charge in [0.05, 0.1) is 17.6 Å². The van der Waals surface area contributed by atoms with Gasteiger partial charge in [0.25, 0.3) is 0 Å². The number of aromatic nitrogens is 2. The number of urea groups is 1. The highest BCUT2D eigenvalue weighted by Gasteiger charge is 2.67. The van der Waals surface area contributed by atoms with Crippen LogP contribution in [0.15, 0.2) is 90.1 Å². The highest BCUT2D eigenvalue weighted by molar-refractivity contribution is 8.00. The van der Waals surface area contributed by atoms with E-state index in [2.05, 4.69) is 9.97 Å². The number of thioether (sulfide) groups is 1. The van der Waals surface area contributed by atoms with E-state index in [0.29, 0.717) is 15.8 Å². The Bertz CT molecular complexity index is 1680. The summed E-state index contributed by atoms with van der Waals surface area (Å²) in [5.41, 5.74) is -3.96. The summed E-state index contributed by atoms with van der Waals surface area (Å²) in [7, 11) is 0. The number of amides is 3. The standard InChI is InChI=1S/C28H19F6N4O4S/c29-27(30,31)25(40)42-38(16-17-12-14-36-22-7-2-1-6-21(17)22)23(15-18-5-3-4-13-35-18)24(39)37(26(38)41)19-8-10-20(11-9-19)43-28(32,33)34/h1-14,23H,15-16H2/q+1/t23-,38?/m0/s1. The highest BCUT2D eigenvalue weighted by atomic mass is 32.2. The number of benzene rings is 2. The topological polar surface area (TPSA) is 89.5 Å². The Labute approximate surface area is 243 Å². The van der Waals surface area contributed by atoms with Gasteiger partial charge in [0.2, 0.25) is 6.04 Å². The molecule has 5 rings (SSSR count). The van der Waals surface area contributed by atoms with Crippen molar-refractivity contribution < 1.29 is 50.2 Å². The quantitative estimate of drug-likeness (QED) is 0.103. The molecule has 1 aliphatic heterocycles. The van der Waals surface area contributed by atoms with Crippen LogP contribution >= 0.6 is 11.8 Å². The molecule has 0 aliphatic carbocycles.